The van der Waals surface area contributed by atoms with E-state index >= 15 is 0 Å². The molecule has 0 heterocycles. The maximum atomic E-state index is 11.7. The van der Waals surface area contributed by atoms with Gasteiger partial charge in [0.15, 0.2) is 0 Å². The molecule has 1 rings (SSSR count). The zero-order valence-corrected chi connectivity index (χ0v) is 14.9. The molecule has 1 atom stereocenters. The molecular formula is C14H19Br2NO3. The van der Waals surface area contributed by atoms with Gasteiger partial charge in [0, 0.05) is 6.54 Å². The standard InChI is InChI=1S/C14H19Br2NO3/c1-8(2)4-12(14(19)20-3)17-7-9-5-10(15)13(18)11(16)6-9/h5-6,8,12,17-18H,4,7H2,1-3H3. The summed E-state index contributed by atoms with van der Waals surface area (Å²) in [7, 11) is 1.39. The second-order valence-corrected chi connectivity index (χ2v) is 6.70. The average Bonchev–Trinajstić information content (AvgIpc) is 2.39. The van der Waals surface area contributed by atoms with E-state index in [9.17, 15) is 9.90 Å². The van der Waals surface area contributed by atoms with Crippen LogP contribution in [0.3, 0.4) is 0 Å². The highest BCUT2D eigenvalue weighted by Gasteiger charge is 2.20. The Morgan fingerprint density at radius 3 is 2.35 bits per heavy atom. The van der Waals surface area contributed by atoms with Gasteiger partial charge in [0.05, 0.1) is 16.1 Å². The van der Waals surface area contributed by atoms with Crippen LogP contribution in [0, 0.1) is 5.92 Å². The number of ether oxygens (including phenoxy) is 1. The first-order chi connectivity index (χ1) is 9.35. The van der Waals surface area contributed by atoms with Crippen LogP contribution in [0.1, 0.15) is 25.8 Å². The van der Waals surface area contributed by atoms with Crippen LogP contribution in [-0.2, 0) is 16.1 Å². The number of carbonyl (C=O) groups excluding carboxylic acids is 1. The molecule has 1 unspecified atom stereocenters. The van der Waals surface area contributed by atoms with Gasteiger partial charge in [-0.25, -0.2) is 0 Å². The van der Waals surface area contributed by atoms with Gasteiger partial charge >= 0.3 is 5.97 Å². The Kier molecular flexibility index (Phi) is 6.99. The number of esters is 1. The third-order valence-electron chi connectivity index (χ3n) is 2.82. The number of hydrogen-bond acceptors (Lipinski definition) is 4. The lowest BCUT2D eigenvalue weighted by Crippen LogP contribution is -2.38. The van der Waals surface area contributed by atoms with Crippen LogP contribution in [0.15, 0.2) is 21.1 Å². The fraction of sp³-hybridized carbons (Fsp3) is 0.500. The summed E-state index contributed by atoms with van der Waals surface area (Å²) in [6.45, 7) is 4.64. The van der Waals surface area contributed by atoms with Gasteiger partial charge in [-0.15, -0.1) is 0 Å². The van der Waals surface area contributed by atoms with E-state index in [0.717, 1.165) is 5.56 Å². The molecule has 0 spiro atoms. The maximum Gasteiger partial charge on any atom is 0.322 e. The Morgan fingerprint density at radius 2 is 1.90 bits per heavy atom. The van der Waals surface area contributed by atoms with E-state index in [1.54, 1.807) is 0 Å². The van der Waals surface area contributed by atoms with E-state index in [-0.39, 0.29) is 17.8 Å². The lowest BCUT2D eigenvalue weighted by atomic mass is 10.0. The number of hydrogen-bond donors (Lipinski definition) is 2. The highest BCUT2D eigenvalue weighted by atomic mass is 79.9. The molecule has 112 valence electrons. The van der Waals surface area contributed by atoms with Crippen LogP contribution in [0.4, 0.5) is 0 Å². The minimum absolute atomic E-state index is 0.167. The first-order valence-corrected chi connectivity index (χ1v) is 7.91. The van der Waals surface area contributed by atoms with Crippen LogP contribution in [0.5, 0.6) is 5.75 Å². The molecule has 4 nitrogen and oxygen atoms in total. The Labute approximate surface area is 136 Å². The summed E-state index contributed by atoms with van der Waals surface area (Å²) in [4.78, 5) is 11.7. The smallest absolute Gasteiger partial charge is 0.322 e. The van der Waals surface area contributed by atoms with E-state index in [1.807, 2.05) is 12.1 Å². The maximum absolute atomic E-state index is 11.7. The molecule has 0 radical (unpaired) electrons. The third kappa shape index (κ3) is 5.07. The van der Waals surface area contributed by atoms with Crippen molar-refractivity contribution < 1.29 is 14.6 Å². The molecular weight excluding hydrogens is 390 g/mol. The molecule has 20 heavy (non-hydrogen) atoms. The summed E-state index contributed by atoms with van der Waals surface area (Å²) in [5.41, 5.74) is 0.958. The Balaban J connectivity index is 2.74. The SMILES string of the molecule is COC(=O)C(CC(C)C)NCc1cc(Br)c(O)c(Br)c1. The van der Waals surface area contributed by atoms with Crippen molar-refractivity contribution >= 4 is 37.8 Å². The third-order valence-corrected chi connectivity index (χ3v) is 4.03. The van der Waals surface area contributed by atoms with Crippen molar-refractivity contribution in [3.8, 4) is 5.75 Å². The summed E-state index contributed by atoms with van der Waals surface area (Å²) in [6, 6.07) is 3.31. The van der Waals surface area contributed by atoms with Gasteiger partial charge in [0.25, 0.3) is 0 Å². The monoisotopic (exact) mass is 407 g/mol. The molecule has 1 aromatic rings. The zero-order valence-electron chi connectivity index (χ0n) is 11.7. The van der Waals surface area contributed by atoms with Crippen molar-refractivity contribution in [2.24, 2.45) is 5.92 Å². The summed E-state index contributed by atoms with van der Waals surface area (Å²) >= 11 is 6.57. The number of carbonyl (C=O) groups is 1. The fourth-order valence-corrected chi connectivity index (χ4v) is 3.12. The van der Waals surface area contributed by atoms with Crippen LogP contribution >= 0.6 is 31.9 Å². The number of aromatic hydroxyl groups is 1. The van der Waals surface area contributed by atoms with Gasteiger partial charge in [0.1, 0.15) is 11.8 Å². The van der Waals surface area contributed by atoms with E-state index in [4.69, 9.17) is 4.74 Å². The van der Waals surface area contributed by atoms with Crippen molar-refractivity contribution in [3.05, 3.63) is 26.6 Å². The summed E-state index contributed by atoms with van der Waals surface area (Å²) in [6.07, 6.45) is 0.715. The van der Waals surface area contributed by atoms with Gasteiger partial charge in [-0.3, -0.25) is 4.79 Å². The van der Waals surface area contributed by atoms with Crippen molar-refractivity contribution in [2.75, 3.05) is 7.11 Å². The Morgan fingerprint density at radius 1 is 1.35 bits per heavy atom. The fourth-order valence-electron chi connectivity index (χ4n) is 1.84. The molecule has 0 amide bonds. The van der Waals surface area contributed by atoms with E-state index in [2.05, 4.69) is 51.0 Å². The van der Waals surface area contributed by atoms with Crippen LogP contribution in [-0.4, -0.2) is 24.2 Å². The number of benzene rings is 1. The van der Waals surface area contributed by atoms with Gasteiger partial charge in [-0.05, 0) is 61.9 Å². The van der Waals surface area contributed by atoms with Gasteiger partial charge in [0.2, 0.25) is 0 Å². The molecule has 0 bridgehead atoms. The van der Waals surface area contributed by atoms with E-state index < -0.39 is 0 Å². The molecule has 6 heteroatoms. The lowest BCUT2D eigenvalue weighted by molar-refractivity contribution is -0.143. The van der Waals surface area contributed by atoms with Crippen molar-refractivity contribution in [2.45, 2.75) is 32.9 Å². The number of methoxy groups -OCH3 is 1. The molecule has 0 aliphatic carbocycles. The topological polar surface area (TPSA) is 58.6 Å². The quantitative estimate of drug-likeness (QED) is 0.706. The van der Waals surface area contributed by atoms with Gasteiger partial charge in [-0.2, -0.15) is 0 Å². The van der Waals surface area contributed by atoms with E-state index in [0.29, 0.717) is 27.8 Å². The molecule has 0 saturated carbocycles. The van der Waals surface area contributed by atoms with Crippen LogP contribution < -0.4 is 5.32 Å². The Hall–Kier alpha value is -0.590. The number of rotatable bonds is 6. The summed E-state index contributed by atoms with van der Waals surface area (Å²) in [5, 5.41) is 12.9. The average molecular weight is 409 g/mol. The second kappa shape index (κ2) is 8.00. The molecule has 0 fully saturated rings. The zero-order chi connectivity index (χ0) is 15.3. The van der Waals surface area contributed by atoms with Gasteiger partial charge < -0.3 is 15.2 Å². The normalized spacial score (nSPS) is 12.5. The minimum Gasteiger partial charge on any atom is -0.506 e. The molecule has 0 saturated heterocycles. The molecule has 0 aromatic heterocycles. The van der Waals surface area contributed by atoms with E-state index in [1.165, 1.54) is 7.11 Å². The van der Waals surface area contributed by atoms with Crippen molar-refractivity contribution in [1.82, 2.24) is 5.32 Å². The number of phenolic OH excluding ortho intramolecular Hbond substituents is 1. The highest BCUT2D eigenvalue weighted by molar-refractivity contribution is 9.11. The summed E-state index contributed by atoms with van der Waals surface area (Å²) in [5.74, 6) is 0.306. The van der Waals surface area contributed by atoms with Crippen LogP contribution in [0.25, 0.3) is 0 Å². The lowest BCUT2D eigenvalue weighted by Gasteiger charge is -2.18. The molecule has 2 N–H and O–H groups in total. The predicted octanol–water partition coefficient (Wildman–Crippen LogP) is 3.59. The number of nitrogens with one attached hydrogen (secondary N) is 1. The van der Waals surface area contributed by atoms with Gasteiger partial charge in [-0.1, -0.05) is 13.8 Å². The first-order valence-electron chi connectivity index (χ1n) is 6.33. The molecule has 0 aliphatic heterocycles. The highest BCUT2D eigenvalue weighted by Crippen LogP contribution is 2.33. The first kappa shape index (κ1) is 17.5. The molecule has 1 aromatic carbocycles. The Bertz CT molecular complexity index is 454. The predicted molar refractivity (Wildman–Crippen MR) is 85.6 cm³/mol. The summed E-state index contributed by atoms with van der Waals surface area (Å²) < 4.78 is 6.03. The van der Waals surface area contributed by atoms with Crippen molar-refractivity contribution in [3.63, 3.8) is 0 Å². The number of phenols is 1. The van der Waals surface area contributed by atoms with Crippen molar-refractivity contribution in [1.29, 1.82) is 0 Å². The molecule has 0 aliphatic rings. The minimum atomic E-state index is -0.327. The second-order valence-electron chi connectivity index (χ2n) is 4.99. The number of halogens is 2. The van der Waals surface area contributed by atoms with Crippen LogP contribution in [0.2, 0.25) is 0 Å². The largest absolute Gasteiger partial charge is 0.506 e.